The third kappa shape index (κ3) is 4.07. The quantitative estimate of drug-likeness (QED) is 0.835. The highest BCUT2D eigenvalue weighted by Crippen LogP contribution is 2.21. The van der Waals surface area contributed by atoms with Crippen LogP contribution in [0.1, 0.15) is 41.4 Å². The van der Waals surface area contributed by atoms with Crippen molar-refractivity contribution in [3.8, 4) is 11.8 Å². The van der Waals surface area contributed by atoms with Crippen LogP contribution in [0.15, 0.2) is 11.4 Å². The van der Waals surface area contributed by atoms with Crippen molar-refractivity contribution in [2.45, 2.75) is 31.7 Å². The molecule has 1 aromatic heterocycles. The Labute approximate surface area is 123 Å². The number of carbonyl (C=O) groups excluding carboxylic acids is 1. The van der Waals surface area contributed by atoms with Gasteiger partial charge in [-0.3, -0.25) is 4.79 Å². The molecular weight excluding hydrogens is 274 g/mol. The van der Waals surface area contributed by atoms with Crippen molar-refractivity contribution in [1.82, 2.24) is 5.32 Å². The third-order valence-corrected chi connectivity index (χ3v) is 4.17. The summed E-state index contributed by atoms with van der Waals surface area (Å²) >= 11 is 1.45. The Morgan fingerprint density at radius 2 is 2.30 bits per heavy atom. The molecule has 0 aliphatic carbocycles. The molecule has 20 heavy (non-hydrogen) atoms. The first-order valence-electron chi connectivity index (χ1n) is 6.71. The van der Waals surface area contributed by atoms with Gasteiger partial charge < -0.3 is 15.2 Å². The van der Waals surface area contributed by atoms with Gasteiger partial charge in [0.05, 0.1) is 17.0 Å². The molecule has 2 heterocycles. The summed E-state index contributed by atoms with van der Waals surface area (Å²) in [7, 11) is 0. The van der Waals surface area contributed by atoms with E-state index in [-0.39, 0.29) is 18.1 Å². The summed E-state index contributed by atoms with van der Waals surface area (Å²) in [6.07, 6.45) is 2.13. The number of carbonyl (C=O) groups is 1. The van der Waals surface area contributed by atoms with Crippen molar-refractivity contribution in [3.63, 3.8) is 0 Å². The lowest BCUT2D eigenvalue weighted by atomic mass is 9.92. The zero-order chi connectivity index (χ0) is 14.4. The molecular formula is C15H19NO3S. The smallest absolute Gasteiger partial charge is 0.252 e. The molecule has 1 aliphatic heterocycles. The van der Waals surface area contributed by atoms with Gasteiger partial charge in [-0.05, 0) is 25.8 Å². The predicted octanol–water partition coefficient (Wildman–Crippen LogP) is 1.78. The SMILES string of the molecule is CC1(NC(=O)c2csc(C#CCCO)c2)CCOCC1. The van der Waals surface area contributed by atoms with Crippen LogP contribution >= 0.6 is 11.3 Å². The minimum Gasteiger partial charge on any atom is -0.395 e. The average Bonchev–Trinajstić information content (AvgIpc) is 2.88. The molecule has 108 valence electrons. The largest absolute Gasteiger partial charge is 0.395 e. The van der Waals surface area contributed by atoms with Crippen molar-refractivity contribution in [3.05, 3.63) is 21.9 Å². The normalized spacial score (nSPS) is 17.1. The fourth-order valence-electron chi connectivity index (χ4n) is 2.02. The molecule has 4 nitrogen and oxygen atoms in total. The highest BCUT2D eigenvalue weighted by Gasteiger charge is 2.29. The van der Waals surface area contributed by atoms with Gasteiger partial charge in [0.15, 0.2) is 0 Å². The van der Waals surface area contributed by atoms with Crippen molar-refractivity contribution in [1.29, 1.82) is 0 Å². The van der Waals surface area contributed by atoms with Crippen LogP contribution < -0.4 is 5.32 Å². The minimum atomic E-state index is -0.181. The number of hydrogen-bond donors (Lipinski definition) is 2. The highest BCUT2D eigenvalue weighted by atomic mass is 32.1. The van der Waals surface area contributed by atoms with Crippen molar-refractivity contribution in [2.24, 2.45) is 0 Å². The molecule has 0 bridgehead atoms. The number of thiophene rings is 1. The maximum absolute atomic E-state index is 12.2. The molecule has 2 N–H and O–H groups in total. The van der Waals surface area contributed by atoms with Gasteiger partial charge in [-0.25, -0.2) is 0 Å². The minimum absolute atomic E-state index is 0.0548. The molecule has 0 aromatic carbocycles. The fraction of sp³-hybridized carbons (Fsp3) is 0.533. The molecule has 1 amide bonds. The Kier molecular flexibility index (Phi) is 5.18. The lowest BCUT2D eigenvalue weighted by Gasteiger charge is -2.34. The summed E-state index contributed by atoms with van der Waals surface area (Å²) in [6.45, 7) is 3.50. The van der Waals surface area contributed by atoms with Crippen molar-refractivity contribution >= 4 is 17.2 Å². The molecule has 0 saturated carbocycles. The Bertz CT molecular complexity index is 521. The van der Waals surface area contributed by atoms with E-state index in [9.17, 15) is 4.79 Å². The Balaban J connectivity index is 1.97. The maximum atomic E-state index is 12.2. The van der Waals surface area contributed by atoms with Crippen LogP contribution in [0.5, 0.6) is 0 Å². The molecule has 0 unspecified atom stereocenters. The molecule has 1 aromatic rings. The summed E-state index contributed by atoms with van der Waals surface area (Å²) in [5, 5.41) is 13.6. The lowest BCUT2D eigenvalue weighted by molar-refractivity contribution is 0.0423. The summed E-state index contributed by atoms with van der Waals surface area (Å²) in [4.78, 5) is 13.1. The number of nitrogens with one attached hydrogen (secondary N) is 1. The predicted molar refractivity (Wildman–Crippen MR) is 78.8 cm³/mol. The van der Waals surface area contributed by atoms with E-state index in [2.05, 4.69) is 24.1 Å². The van der Waals surface area contributed by atoms with Gasteiger partial charge >= 0.3 is 0 Å². The van der Waals surface area contributed by atoms with Crippen LogP contribution in [-0.4, -0.2) is 36.4 Å². The standard InChI is InChI=1S/C15H19NO3S/c1-15(5-8-19-9-6-15)16-14(18)12-10-13(20-11-12)4-2-3-7-17/h10-11,17H,3,5-9H2,1H3,(H,16,18). The van der Waals surface area contributed by atoms with Crippen molar-refractivity contribution < 1.29 is 14.6 Å². The average molecular weight is 293 g/mol. The summed E-state index contributed by atoms with van der Waals surface area (Å²) in [5.74, 6) is 5.74. The van der Waals surface area contributed by atoms with E-state index in [0.29, 0.717) is 25.2 Å². The van der Waals surface area contributed by atoms with Gasteiger partial charge in [-0.15, -0.1) is 11.3 Å². The van der Waals surface area contributed by atoms with E-state index in [0.717, 1.165) is 17.7 Å². The zero-order valence-electron chi connectivity index (χ0n) is 11.6. The fourth-order valence-corrected chi connectivity index (χ4v) is 2.77. The van der Waals surface area contributed by atoms with Gasteiger partial charge in [0.1, 0.15) is 0 Å². The number of rotatable bonds is 3. The van der Waals surface area contributed by atoms with Crippen LogP contribution in [0.3, 0.4) is 0 Å². The first kappa shape index (κ1) is 15.0. The van der Waals surface area contributed by atoms with Crippen LogP contribution in [0.2, 0.25) is 0 Å². The van der Waals surface area contributed by atoms with E-state index in [4.69, 9.17) is 9.84 Å². The molecule has 0 spiro atoms. The van der Waals surface area contributed by atoms with Gasteiger partial charge in [0.2, 0.25) is 0 Å². The zero-order valence-corrected chi connectivity index (χ0v) is 12.4. The first-order valence-corrected chi connectivity index (χ1v) is 7.59. The number of hydrogen-bond acceptors (Lipinski definition) is 4. The van der Waals surface area contributed by atoms with Crippen LogP contribution in [-0.2, 0) is 4.74 Å². The number of aliphatic hydroxyl groups is 1. The van der Waals surface area contributed by atoms with Gasteiger partial charge in [0.25, 0.3) is 5.91 Å². The Morgan fingerprint density at radius 1 is 1.55 bits per heavy atom. The molecule has 0 atom stereocenters. The van der Waals surface area contributed by atoms with Crippen LogP contribution in [0.25, 0.3) is 0 Å². The van der Waals surface area contributed by atoms with E-state index >= 15 is 0 Å². The van der Waals surface area contributed by atoms with E-state index in [1.54, 1.807) is 6.07 Å². The van der Waals surface area contributed by atoms with Crippen molar-refractivity contribution in [2.75, 3.05) is 19.8 Å². The molecule has 0 radical (unpaired) electrons. The van der Waals surface area contributed by atoms with Gasteiger partial charge in [0, 0.05) is 30.6 Å². The summed E-state index contributed by atoms with van der Waals surface area (Å²) < 4.78 is 5.32. The third-order valence-electron chi connectivity index (χ3n) is 3.32. The topological polar surface area (TPSA) is 58.6 Å². The molecule has 1 fully saturated rings. The van der Waals surface area contributed by atoms with E-state index in [1.165, 1.54) is 11.3 Å². The second-order valence-electron chi connectivity index (χ2n) is 5.10. The molecule has 1 aliphatic rings. The van der Waals surface area contributed by atoms with Crippen LogP contribution in [0, 0.1) is 11.8 Å². The highest BCUT2D eigenvalue weighted by molar-refractivity contribution is 7.10. The maximum Gasteiger partial charge on any atom is 0.252 e. The van der Waals surface area contributed by atoms with Gasteiger partial charge in [-0.1, -0.05) is 11.8 Å². The number of aliphatic hydroxyl groups excluding tert-OH is 1. The lowest BCUT2D eigenvalue weighted by Crippen LogP contribution is -2.49. The first-order chi connectivity index (χ1) is 9.63. The van der Waals surface area contributed by atoms with Gasteiger partial charge in [-0.2, -0.15) is 0 Å². The number of amides is 1. The van der Waals surface area contributed by atoms with E-state index < -0.39 is 0 Å². The molecule has 5 heteroatoms. The summed E-state index contributed by atoms with van der Waals surface area (Å²) in [6, 6.07) is 1.80. The van der Waals surface area contributed by atoms with E-state index in [1.807, 2.05) is 5.38 Å². The molecule has 2 rings (SSSR count). The summed E-state index contributed by atoms with van der Waals surface area (Å²) in [5.41, 5.74) is 0.469. The molecule has 1 saturated heterocycles. The number of ether oxygens (including phenoxy) is 1. The Morgan fingerprint density at radius 3 is 3.00 bits per heavy atom. The Hall–Kier alpha value is -1.35. The second-order valence-corrected chi connectivity index (χ2v) is 6.01. The monoisotopic (exact) mass is 293 g/mol. The van der Waals surface area contributed by atoms with Crippen LogP contribution in [0.4, 0.5) is 0 Å². The second kappa shape index (κ2) is 6.89.